The van der Waals surface area contributed by atoms with E-state index >= 15 is 0 Å². The number of rotatable bonds is 17. The van der Waals surface area contributed by atoms with Crippen LogP contribution in [-0.4, -0.2) is 115 Å². The summed E-state index contributed by atoms with van der Waals surface area (Å²) in [5, 5.41) is 26.8. The Kier molecular flexibility index (Phi) is 16.4. The number of hydrogen-bond donors (Lipinski definition) is 10. The molecule has 0 aliphatic rings. The fraction of sp³-hybridized carbons (Fsp3) is 0.609. The van der Waals surface area contributed by atoms with Crippen LogP contribution in [0.5, 0.6) is 0 Å². The highest BCUT2D eigenvalue weighted by Gasteiger charge is 2.21. The summed E-state index contributed by atoms with van der Waals surface area (Å²) in [6.45, 7) is 4.66. The number of carboxylic acid groups (broad SMARTS) is 1. The molecular weight excluding hydrogens is 562 g/mol. The number of amides is 8. The summed E-state index contributed by atoms with van der Waals surface area (Å²) in [6.07, 6.45) is 0. The summed E-state index contributed by atoms with van der Waals surface area (Å²) in [6, 6.07) is -5.22. The average Bonchev–Trinajstić information content (AvgIpc) is 2.91. The molecule has 5 atom stereocenters. The van der Waals surface area contributed by atoms with E-state index in [0.29, 0.717) is 0 Å². The summed E-state index contributed by atoms with van der Waals surface area (Å²) in [4.78, 5) is 106. The minimum atomic E-state index is -1.26. The number of nitrogens with one attached hydrogen (secondary N) is 8. The lowest BCUT2D eigenvalue weighted by molar-refractivity contribution is -0.141. The molecule has 0 saturated heterocycles. The third kappa shape index (κ3) is 15.7. The number of aliphatic carboxylic acids is 1. The maximum absolute atomic E-state index is 12.2. The molecule has 0 aromatic rings. The maximum atomic E-state index is 12.2. The van der Waals surface area contributed by atoms with Gasteiger partial charge in [-0.1, -0.05) is 0 Å². The Bertz CT molecular complexity index is 1050. The van der Waals surface area contributed by atoms with E-state index in [9.17, 15) is 43.2 Å². The molecule has 236 valence electrons. The molecule has 19 nitrogen and oxygen atoms in total. The first kappa shape index (κ1) is 37.2. The maximum Gasteiger partial charge on any atom is 0.325 e. The summed E-state index contributed by atoms with van der Waals surface area (Å²) in [7, 11) is 0. The Labute approximate surface area is 241 Å². The van der Waals surface area contributed by atoms with Crippen molar-refractivity contribution in [1.82, 2.24) is 42.5 Å². The monoisotopic (exact) mass is 601 g/mol. The van der Waals surface area contributed by atoms with E-state index < -0.39 is 110 Å². The van der Waals surface area contributed by atoms with Crippen LogP contribution in [0.4, 0.5) is 0 Å². The van der Waals surface area contributed by atoms with Crippen molar-refractivity contribution >= 4 is 53.2 Å². The number of hydrogen-bond acceptors (Lipinski definition) is 10. The second-order valence-electron chi connectivity index (χ2n) is 9.15. The normalized spacial score (nSPS) is 13.9. The van der Waals surface area contributed by atoms with Gasteiger partial charge in [-0.15, -0.1) is 0 Å². The van der Waals surface area contributed by atoms with Gasteiger partial charge >= 0.3 is 5.97 Å². The zero-order valence-electron chi connectivity index (χ0n) is 23.9. The van der Waals surface area contributed by atoms with Crippen molar-refractivity contribution in [2.24, 2.45) is 5.73 Å². The molecule has 0 heterocycles. The van der Waals surface area contributed by atoms with Gasteiger partial charge in [0.1, 0.15) is 24.2 Å². The number of nitrogens with two attached hydrogens (primary N) is 1. The molecule has 19 heteroatoms. The van der Waals surface area contributed by atoms with Gasteiger partial charge in [-0.05, 0) is 34.6 Å². The molecule has 0 saturated carbocycles. The SMILES string of the molecule is C[C@H](N)C(=O)NCC(=O)N[C@@H](C)C(=O)NCC(=O)N[C@@H](C)C(=O)NCC(=O)N[C@@H](C)C(=O)NCC(=O)N[C@@H](C)C(=O)O. The molecule has 0 rings (SSSR count). The predicted molar refractivity (Wildman–Crippen MR) is 144 cm³/mol. The summed E-state index contributed by atoms with van der Waals surface area (Å²) < 4.78 is 0. The van der Waals surface area contributed by atoms with Gasteiger partial charge in [-0.25, -0.2) is 0 Å². The summed E-state index contributed by atoms with van der Waals surface area (Å²) in [5.74, 6) is -6.91. The molecule has 0 aliphatic heterocycles. The van der Waals surface area contributed by atoms with Crippen LogP contribution in [0.3, 0.4) is 0 Å². The summed E-state index contributed by atoms with van der Waals surface area (Å²) >= 11 is 0. The highest BCUT2D eigenvalue weighted by Crippen LogP contribution is 1.87. The van der Waals surface area contributed by atoms with Crippen LogP contribution in [0, 0.1) is 0 Å². The number of carbonyl (C=O) groups is 9. The van der Waals surface area contributed by atoms with Gasteiger partial charge in [0.25, 0.3) is 0 Å². The molecule has 0 unspecified atom stereocenters. The van der Waals surface area contributed by atoms with E-state index in [1.165, 1.54) is 34.6 Å². The van der Waals surface area contributed by atoms with Crippen molar-refractivity contribution in [3.63, 3.8) is 0 Å². The van der Waals surface area contributed by atoms with E-state index in [2.05, 4.69) is 42.5 Å². The molecule has 8 amide bonds. The zero-order chi connectivity index (χ0) is 32.6. The van der Waals surface area contributed by atoms with Crippen LogP contribution < -0.4 is 48.3 Å². The van der Waals surface area contributed by atoms with Crippen LogP contribution in [0.2, 0.25) is 0 Å². The Balaban J connectivity index is 4.37. The van der Waals surface area contributed by atoms with E-state index in [-0.39, 0.29) is 0 Å². The van der Waals surface area contributed by atoms with E-state index in [4.69, 9.17) is 10.8 Å². The van der Waals surface area contributed by atoms with Crippen LogP contribution in [0.15, 0.2) is 0 Å². The lowest BCUT2D eigenvalue weighted by Crippen LogP contribution is -2.53. The first-order chi connectivity index (χ1) is 19.4. The predicted octanol–water partition coefficient (Wildman–Crippen LogP) is -6.10. The van der Waals surface area contributed by atoms with Gasteiger partial charge in [0.2, 0.25) is 47.3 Å². The van der Waals surface area contributed by atoms with Crippen LogP contribution in [-0.2, 0) is 43.2 Å². The lowest BCUT2D eigenvalue weighted by Gasteiger charge is -2.17. The van der Waals surface area contributed by atoms with E-state index in [0.717, 1.165) is 0 Å². The molecule has 11 N–H and O–H groups in total. The minimum absolute atomic E-state index is 0.399. The highest BCUT2D eigenvalue weighted by atomic mass is 16.4. The first-order valence-corrected chi connectivity index (χ1v) is 12.7. The number of carboxylic acids is 1. The third-order valence-electron chi connectivity index (χ3n) is 5.17. The molecule has 0 bridgehead atoms. The Morgan fingerprint density at radius 2 is 0.714 bits per heavy atom. The van der Waals surface area contributed by atoms with Gasteiger partial charge in [0.15, 0.2) is 0 Å². The molecule has 0 spiro atoms. The van der Waals surface area contributed by atoms with Gasteiger partial charge < -0.3 is 53.4 Å². The van der Waals surface area contributed by atoms with Crippen LogP contribution in [0.1, 0.15) is 34.6 Å². The van der Waals surface area contributed by atoms with Gasteiger partial charge in [0.05, 0.1) is 32.2 Å². The van der Waals surface area contributed by atoms with E-state index in [1.807, 2.05) is 0 Å². The fourth-order valence-corrected chi connectivity index (χ4v) is 2.72. The van der Waals surface area contributed by atoms with E-state index in [1.54, 1.807) is 0 Å². The zero-order valence-corrected chi connectivity index (χ0v) is 23.9. The first-order valence-electron chi connectivity index (χ1n) is 12.7. The largest absolute Gasteiger partial charge is 0.480 e. The molecule has 0 radical (unpaired) electrons. The third-order valence-corrected chi connectivity index (χ3v) is 5.17. The quantitative estimate of drug-likeness (QED) is 0.0748. The average molecular weight is 602 g/mol. The van der Waals surface area contributed by atoms with Gasteiger partial charge in [0, 0.05) is 0 Å². The second kappa shape index (κ2) is 18.5. The fourth-order valence-electron chi connectivity index (χ4n) is 2.72. The highest BCUT2D eigenvalue weighted by molar-refractivity contribution is 5.95. The Morgan fingerprint density at radius 1 is 0.476 bits per heavy atom. The van der Waals surface area contributed by atoms with Crippen molar-refractivity contribution in [2.75, 3.05) is 26.2 Å². The van der Waals surface area contributed by atoms with Crippen molar-refractivity contribution in [1.29, 1.82) is 0 Å². The molecule has 42 heavy (non-hydrogen) atoms. The topological polar surface area (TPSA) is 296 Å². The second-order valence-corrected chi connectivity index (χ2v) is 9.15. The molecule has 0 aromatic heterocycles. The van der Waals surface area contributed by atoms with Crippen LogP contribution >= 0.6 is 0 Å². The molecule has 0 aliphatic carbocycles. The number of carbonyl (C=O) groups excluding carboxylic acids is 8. The van der Waals surface area contributed by atoms with Crippen molar-refractivity contribution < 1.29 is 48.3 Å². The van der Waals surface area contributed by atoms with Crippen LogP contribution in [0.25, 0.3) is 0 Å². The smallest absolute Gasteiger partial charge is 0.325 e. The lowest BCUT2D eigenvalue weighted by atomic mass is 10.2. The van der Waals surface area contributed by atoms with Gasteiger partial charge in [-0.3, -0.25) is 43.2 Å². The molecular formula is C23H39N9O10. The Morgan fingerprint density at radius 3 is 0.952 bits per heavy atom. The molecule has 0 aromatic carbocycles. The molecule has 0 fully saturated rings. The van der Waals surface area contributed by atoms with Crippen molar-refractivity contribution in [2.45, 2.75) is 64.8 Å². The minimum Gasteiger partial charge on any atom is -0.480 e. The summed E-state index contributed by atoms with van der Waals surface area (Å²) in [5.41, 5.74) is 5.36. The van der Waals surface area contributed by atoms with Crippen molar-refractivity contribution in [3.05, 3.63) is 0 Å². The Hall–Kier alpha value is -4.81. The van der Waals surface area contributed by atoms with Gasteiger partial charge in [-0.2, -0.15) is 0 Å². The standard InChI is InChI=1S/C23H39N9O10/c1-10(24)19(37)25-6-15(33)29-11(2)20(38)26-7-16(34)30-12(3)21(39)27-8-17(35)31-13(4)22(40)28-9-18(36)32-14(5)23(41)42/h10-14H,6-9,24H2,1-5H3,(H,25,37)(H,26,38)(H,27,39)(H,28,40)(H,29,33)(H,30,34)(H,31,35)(H,32,36)(H,41,42)/t10-,11-,12-,13-,14-/m0/s1. The van der Waals surface area contributed by atoms with Crippen molar-refractivity contribution in [3.8, 4) is 0 Å².